The summed E-state index contributed by atoms with van der Waals surface area (Å²) in [6.45, 7) is 0. The van der Waals surface area contributed by atoms with Crippen molar-refractivity contribution in [2.24, 2.45) is 0 Å². The van der Waals surface area contributed by atoms with Gasteiger partial charge >= 0.3 is 0 Å². The normalized spacial score (nSPS) is 11.3. The van der Waals surface area contributed by atoms with Crippen molar-refractivity contribution in [3.63, 3.8) is 0 Å². The molecular weight excluding hydrogens is 408 g/mol. The van der Waals surface area contributed by atoms with Gasteiger partial charge in [0.25, 0.3) is 15.2 Å². The summed E-state index contributed by atoms with van der Waals surface area (Å²) in [5.74, 6) is 1.05. The molecule has 146 valence electrons. The quantitative estimate of drug-likeness (QED) is 0.443. The van der Waals surface area contributed by atoms with Crippen LogP contribution in [-0.2, 0) is 15.8 Å². The van der Waals surface area contributed by atoms with Gasteiger partial charge in [0.2, 0.25) is 5.89 Å². The predicted molar refractivity (Wildman–Crippen MR) is 111 cm³/mol. The van der Waals surface area contributed by atoms with Crippen molar-refractivity contribution in [2.45, 2.75) is 15.9 Å². The van der Waals surface area contributed by atoms with Crippen LogP contribution in [0.3, 0.4) is 0 Å². The fourth-order valence-corrected chi connectivity index (χ4v) is 4.28. The van der Waals surface area contributed by atoms with E-state index in [1.807, 2.05) is 12.1 Å². The molecule has 9 heteroatoms. The SMILES string of the molecule is O=S(=O)(Nc1ccc(-c2nnc(SCc3cccnc3)o2)cc1)c1ccccc1. The van der Waals surface area contributed by atoms with Gasteiger partial charge in [-0.2, -0.15) is 0 Å². The van der Waals surface area contributed by atoms with Crippen LogP contribution in [0.2, 0.25) is 0 Å². The van der Waals surface area contributed by atoms with Gasteiger partial charge in [-0.25, -0.2) is 8.42 Å². The van der Waals surface area contributed by atoms with E-state index in [1.54, 1.807) is 67.0 Å². The number of sulfonamides is 1. The maximum absolute atomic E-state index is 12.4. The lowest BCUT2D eigenvalue weighted by atomic mass is 10.2. The molecule has 7 nitrogen and oxygen atoms in total. The molecule has 2 aromatic heterocycles. The number of nitrogens with one attached hydrogen (secondary N) is 1. The third-order valence-corrected chi connectivity index (χ3v) is 6.22. The second-order valence-electron chi connectivity index (χ2n) is 6.02. The lowest BCUT2D eigenvalue weighted by Gasteiger charge is -2.08. The molecule has 0 fully saturated rings. The summed E-state index contributed by atoms with van der Waals surface area (Å²) in [4.78, 5) is 4.28. The Balaban J connectivity index is 1.42. The first-order valence-electron chi connectivity index (χ1n) is 8.64. The van der Waals surface area contributed by atoms with Crippen molar-refractivity contribution in [3.05, 3.63) is 84.7 Å². The van der Waals surface area contributed by atoms with Crippen LogP contribution in [0.25, 0.3) is 11.5 Å². The molecule has 0 saturated carbocycles. The summed E-state index contributed by atoms with van der Waals surface area (Å²) in [6.07, 6.45) is 3.52. The van der Waals surface area contributed by atoms with Gasteiger partial charge in [0.1, 0.15) is 0 Å². The van der Waals surface area contributed by atoms with Gasteiger partial charge in [-0.1, -0.05) is 36.0 Å². The van der Waals surface area contributed by atoms with Crippen LogP contribution in [0.4, 0.5) is 5.69 Å². The van der Waals surface area contributed by atoms with E-state index in [4.69, 9.17) is 4.42 Å². The van der Waals surface area contributed by atoms with E-state index in [9.17, 15) is 8.42 Å². The number of hydrogen-bond donors (Lipinski definition) is 1. The molecule has 4 aromatic rings. The van der Waals surface area contributed by atoms with Crippen LogP contribution in [0.15, 0.2) is 93.7 Å². The number of thioether (sulfide) groups is 1. The standard InChI is InChI=1S/C20H16N4O3S2/c25-29(26,18-6-2-1-3-7-18)24-17-10-8-16(9-11-17)19-22-23-20(27-19)28-14-15-5-4-12-21-13-15/h1-13,24H,14H2. The summed E-state index contributed by atoms with van der Waals surface area (Å²) in [5.41, 5.74) is 2.21. The molecule has 2 heterocycles. The number of benzene rings is 2. The molecule has 0 aliphatic carbocycles. The average molecular weight is 425 g/mol. The Morgan fingerprint density at radius 2 is 1.72 bits per heavy atom. The van der Waals surface area contributed by atoms with Crippen molar-refractivity contribution >= 4 is 27.5 Å². The fraction of sp³-hybridized carbons (Fsp3) is 0.0500. The minimum atomic E-state index is -3.63. The number of pyridine rings is 1. The number of hydrogen-bond acceptors (Lipinski definition) is 7. The highest BCUT2D eigenvalue weighted by atomic mass is 32.2. The van der Waals surface area contributed by atoms with Gasteiger partial charge in [-0.05, 0) is 48.0 Å². The molecule has 0 aliphatic rings. The number of aromatic nitrogens is 3. The van der Waals surface area contributed by atoms with Gasteiger partial charge in [-0.15, -0.1) is 10.2 Å². The summed E-state index contributed by atoms with van der Waals surface area (Å²) in [7, 11) is -3.63. The second-order valence-corrected chi connectivity index (χ2v) is 8.63. The molecule has 0 saturated heterocycles. The van der Waals surface area contributed by atoms with Crippen LogP contribution in [0, 0.1) is 0 Å². The Morgan fingerprint density at radius 3 is 2.45 bits per heavy atom. The van der Waals surface area contributed by atoms with E-state index in [2.05, 4.69) is 19.9 Å². The fourth-order valence-electron chi connectivity index (χ4n) is 2.51. The first kappa shape index (κ1) is 19.2. The Hall–Kier alpha value is -3.17. The van der Waals surface area contributed by atoms with Crippen LogP contribution >= 0.6 is 11.8 Å². The average Bonchev–Trinajstić information content (AvgIpc) is 3.23. The Morgan fingerprint density at radius 1 is 0.931 bits per heavy atom. The first-order valence-corrected chi connectivity index (χ1v) is 11.1. The highest BCUT2D eigenvalue weighted by Gasteiger charge is 2.14. The molecule has 0 bridgehead atoms. The van der Waals surface area contributed by atoms with Crippen molar-refractivity contribution in [3.8, 4) is 11.5 Å². The zero-order valence-electron chi connectivity index (χ0n) is 15.1. The van der Waals surface area contributed by atoms with Crippen LogP contribution in [0.5, 0.6) is 0 Å². The largest absolute Gasteiger partial charge is 0.411 e. The van der Waals surface area contributed by atoms with E-state index in [1.165, 1.54) is 11.8 Å². The van der Waals surface area contributed by atoms with Crippen LogP contribution in [0.1, 0.15) is 5.56 Å². The Kier molecular flexibility index (Phi) is 5.59. The molecule has 0 amide bonds. The van der Waals surface area contributed by atoms with Crippen LogP contribution in [-0.4, -0.2) is 23.6 Å². The van der Waals surface area contributed by atoms with E-state index in [0.717, 1.165) is 5.56 Å². The highest BCUT2D eigenvalue weighted by Crippen LogP contribution is 2.26. The summed E-state index contributed by atoms with van der Waals surface area (Å²) >= 11 is 1.43. The van der Waals surface area contributed by atoms with Crippen LogP contribution < -0.4 is 4.72 Å². The van der Waals surface area contributed by atoms with Gasteiger partial charge in [-0.3, -0.25) is 9.71 Å². The lowest BCUT2D eigenvalue weighted by molar-refractivity contribution is 0.466. The topological polar surface area (TPSA) is 98.0 Å². The molecule has 0 spiro atoms. The molecule has 29 heavy (non-hydrogen) atoms. The van der Waals surface area contributed by atoms with Gasteiger partial charge in [0, 0.05) is 29.4 Å². The lowest BCUT2D eigenvalue weighted by Crippen LogP contribution is -2.12. The second kappa shape index (κ2) is 8.46. The smallest absolute Gasteiger partial charge is 0.277 e. The zero-order valence-corrected chi connectivity index (χ0v) is 16.7. The maximum atomic E-state index is 12.4. The van der Waals surface area contributed by atoms with Crippen molar-refractivity contribution < 1.29 is 12.8 Å². The monoisotopic (exact) mass is 424 g/mol. The molecule has 0 unspecified atom stereocenters. The van der Waals surface area contributed by atoms with Crippen molar-refractivity contribution in [1.82, 2.24) is 15.2 Å². The Bertz CT molecular complexity index is 1180. The van der Waals surface area contributed by atoms with E-state index >= 15 is 0 Å². The zero-order chi connectivity index (χ0) is 20.1. The minimum absolute atomic E-state index is 0.205. The van der Waals surface area contributed by atoms with Crippen molar-refractivity contribution in [1.29, 1.82) is 0 Å². The van der Waals surface area contributed by atoms with Crippen molar-refractivity contribution in [2.75, 3.05) is 4.72 Å². The number of anilines is 1. The first-order chi connectivity index (χ1) is 14.1. The molecule has 2 aromatic carbocycles. The molecule has 1 N–H and O–H groups in total. The summed E-state index contributed by atoms with van der Waals surface area (Å²) in [5, 5.41) is 8.56. The Labute approximate surface area is 172 Å². The predicted octanol–water partition coefficient (Wildman–Crippen LogP) is 4.22. The third kappa shape index (κ3) is 4.82. The molecule has 4 rings (SSSR count). The van der Waals surface area contributed by atoms with Gasteiger partial charge < -0.3 is 4.42 Å². The molecule has 0 atom stereocenters. The van der Waals surface area contributed by atoms with Gasteiger partial charge in [0.05, 0.1) is 4.90 Å². The number of rotatable bonds is 7. The minimum Gasteiger partial charge on any atom is -0.411 e. The molecule has 0 aliphatic heterocycles. The summed E-state index contributed by atoms with van der Waals surface area (Å²) < 4.78 is 33.0. The van der Waals surface area contributed by atoms with E-state index in [-0.39, 0.29) is 4.90 Å². The van der Waals surface area contributed by atoms with Gasteiger partial charge in [0.15, 0.2) is 0 Å². The third-order valence-electron chi connectivity index (χ3n) is 3.93. The van der Waals surface area contributed by atoms with E-state index in [0.29, 0.717) is 28.1 Å². The molecular formula is C20H16N4O3S2. The van der Waals surface area contributed by atoms with E-state index < -0.39 is 10.0 Å². The summed E-state index contributed by atoms with van der Waals surface area (Å²) in [6, 6.07) is 18.8. The molecule has 0 radical (unpaired) electrons. The number of nitrogens with zero attached hydrogens (tertiary/aromatic N) is 3. The maximum Gasteiger partial charge on any atom is 0.277 e. The highest BCUT2D eigenvalue weighted by molar-refractivity contribution is 7.98.